The fourth-order valence-corrected chi connectivity index (χ4v) is 5.04. The first-order valence-electron chi connectivity index (χ1n) is 8.83. The van der Waals surface area contributed by atoms with Crippen LogP contribution in [-0.2, 0) is 10.0 Å². The maximum Gasteiger partial charge on any atom is 0.288 e. The molecule has 0 spiro atoms. The van der Waals surface area contributed by atoms with Crippen LogP contribution in [0.4, 0.5) is 14.5 Å². The van der Waals surface area contributed by atoms with Crippen molar-refractivity contribution >= 4 is 33.4 Å². The number of rotatable bonds is 6. The van der Waals surface area contributed by atoms with E-state index >= 15 is 0 Å². The number of carbonyl (C=O) groups excluding carboxylic acids is 1. The molecule has 1 aliphatic rings. The molecule has 0 radical (unpaired) electrons. The SMILES string of the molecule is O=C(Nc1ccc(SC(F)F)cc1)c1cccc(S(=O)(=O)N2CCCCC2)c1. The predicted octanol–water partition coefficient (Wildman–Crippen LogP) is 4.43. The number of sulfonamides is 1. The zero-order chi connectivity index (χ0) is 20.1. The lowest BCUT2D eigenvalue weighted by atomic mass is 10.2. The number of alkyl halides is 2. The summed E-state index contributed by atoms with van der Waals surface area (Å²) < 4.78 is 51.7. The van der Waals surface area contributed by atoms with Crippen molar-refractivity contribution in [3.05, 3.63) is 54.1 Å². The van der Waals surface area contributed by atoms with E-state index in [2.05, 4.69) is 5.32 Å². The molecule has 0 bridgehead atoms. The van der Waals surface area contributed by atoms with Gasteiger partial charge in [0, 0.05) is 29.2 Å². The van der Waals surface area contributed by atoms with Crippen LogP contribution >= 0.6 is 11.8 Å². The van der Waals surface area contributed by atoms with Gasteiger partial charge in [-0.05, 0) is 55.3 Å². The van der Waals surface area contributed by atoms with Gasteiger partial charge < -0.3 is 5.32 Å². The van der Waals surface area contributed by atoms with E-state index in [0.29, 0.717) is 35.4 Å². The molecule has 2 aromatic rings. The number of thioether (sulfide) groups is 1. The highest BCUT2D eigenvalue weighted by molar-refractivity contribution is 7.99. The van der Waals surface area contributed by atoms with Crippen molar-refractivity contribution in [3.8, 4) is 0 Å². The van der Waals surface area contributed by atoms with E-state index in [9.17, 15) is 22.0 Å². The van der Waals surface area contributed by atoms with Gasteiger partial charge in [0.15, 0.2) is 0 Å². The third-order valence-electron chi connectivity index (χ3n) is 4.39. The van der Waals surface area contributed by atoms with Crippen molar-refractivity contribution in [1.29, 1.82) is 0 Å². The molecule has 0 atom stereocenters. The molecule has 1 amide bonds. The molecule has 0 unspecified atom stereocenters. The number of halogens is 2. The molecule has 1 saturated heterocycles. The summed E-state index contributed by atoms with van der Waals surface area (Å²) in [6.45, 7) is 0.976. The van der Waals surface area contributed by atoms with Gasteiger partial charge in [-0.1, -0.05) is 24.2 Å². The lowest BCUT2D eigenvalue weighted by Gasteiger charge is -2.26. The van der Waals surface area contributed by atoms with E-state index in [1.165, 1.54) is 52.8 Å². The van der Waals surface area contributed by atoms with Crippen molar-refractivity contribution in [3.63, 3.8) is 0 Å². The fraction of sp³-hybridized carbons (Fsp3) is 0.316. The van der Waals surface area contributed by atoms with Gasteiger partial charge in [-0.25, -0.2) is 8.42 Å². The molecule has 28 heavy (non-hydrogen) atoms. The molecule has 9 heteroatoms. The third kappa shape index (κ3) is 5.09. The topological polar surface area (TPSA) is 66.5 Å². The van der Waals surface area contributed by atoms with Crippen LogP contribution < -0.4 is 5.32 Å². The normalized spacial score (nSPS) is 15.5. The van der Waals surface area contributed by atoms with Crippen LogP contribution in [0, 0.1) is 0 Å². The monoisotopic (exact) mass is 426 g/mol. The van der Waals surface area contributed by atoms with Gasteiger partial charge in [-0.15, -0.1) is 0 Å². The highest BCUT2D eigenvalue weighted by Crippen LogP contribution is 2.26. The van der Waals surface area contributed by atoms with Gasteiger partial charge in [0.25, 0.3) is 11.7 Å². The first-order chi connectivity index (χ1) is 13.4. The molecule has 1 heterocycles. The molecule has 150 valence electrons. The molecule has 1 aliphatic heterocycles. The number of amides is 1. The van der Waals surface area contributed by atoms with E-state index in [4.69, 9.17) is 0 Å². The van der Waals surface area contributed by atoms with Crippen molar-refractivity contribution < 1.29 is 22.0 Å². The summed E-state index contributed by atoms with van der Waals surface area (Å²) in [5.41, 5.74) is 0.650. The first-order valence-corrected chi connectivity index (χ1v) is 11.1. The highest BCUT2D eigenvalue weighted by atomic mass is 32.2. The fourth-order valence-electron chi connectivity index (χ4n) is 2.98. The Bertz CT molecular complexity index is 928. The summed E-state index contributed by atoms with van der Waals surface area (Å²) in [6.07, 6.45) is 2.68. The summed E-state index contributed by atoms with van der Waals surface area (Å²) in [7, 11) is -3.63. The smallest absolute Gasteiger partial charge is 0.288 e. The summed E-state index contributed by atoms with van der Waals surface area (Å²) in [4.78, 5) is 13.0. The number of hydrogen-bond donors (Lipinski definition) is 1. The summed E-state index contributed by atoms with van der Waals surface area (Å²) in [6, 6.07) is 11.9. The van der Waals surface area contributed by atoms with Gasteiger partial charge in [0.05, 0.1) is 4.90 Å². The number of hydrogen-bond acceptors (Lipinski definition) is 4. The Hall–Kier alpha value is -1.97. The standard InChI is InChI=1S/C19H20F2N2O3S2/c20-19(21)27-16-9-7-15(8-10-16)22-18(24)14-5-4-6-17(13-14)28(25,26)23-11-2-1-3-12-23/h4-10,13,19H,1-3,11-12H2,(H,22,24). The molecule has 5 nitrogen and oxygen atoms in total. The van der Waals surface area contributed by atoms with Crippen molar-refractivity contribution in [2.24, 2.45) is 0 Å². The van der Waals surface area contributed by atoms with E-state index in [0.717, 1.165) is 19.3 Å². The Morgan fingerprint density at radius 1 is 1.04 bits per heavy atom. The van der Waals surface area contributed by atoms with Crippen LogP contribution in [0.15, 0.2) is 58.3 Å². The maximum atomic E-state index is 12.8. The van der Waals surface area contributed by atoms with Gasteiger partial charge in [-0.3, -0.25) is 4.79 Å². The molecule has 1 N–H and O–H groups in total. The molecule has 0 saturated carbocycles. The third-order valence-corrected chi connectivity index (χ3v) is 7.00. The van der Waals surface area contributed by atoms with Crippen LogP contribution in [0.5, 0.6) is 0 Å². The minimum Gasteiger partial charge on any atom is -0.322 e. The van der Waals surface area contributed by atoms with Gasteiger partial charge in [0.2, 0.25) is 10.0 Å². The second kappa shape index (κ2) is 9.02. The molecule has 3 rings (SSSR count). The van der Waals surface area contributed by atoms with Gasteiger partial charge in [-0.2, -0.15) is 13.1 Å². The zero-order valence-corrected chi connectivity index (χ0v) is 16.6. The van der Waals surface area contributed by atoms with Crippen molar-refractivity contribution in [1.82, 2.24) is 4.31 Å². The number of nitrogens with zero attached hydrogens (tertiary/aromatic N) is 1. The maximum absolute atomic E-state index is 12.8. The lowest BCUT2D eigenvalue weighted by molar-refractivity contribution is 0.102. The molecular formula is C19H20F2N2O3S2. The molecule has 1 fully saturated rings. The summed E-state index contributed by atoms with van der Waals surface area (Å²) in [5.74, 6) is -2.98. The minimum absolute atomic E-state index is 0.0886. The quantitative estimate of drug-likeness (QED) is 0.694. The number of benzene rings is 2. The average molecular weight is 427 g/mol. The average Bonchev–Trinajstić information content (AvgIpc) is 2.70. The summed E-state index contributed by atoms with van der Waals surface area (Å²) >= 11 is 0.423. The number of nitrogens with one attached hydrogen (secondary N) is 1. The van der Waals surface area contributed by atoms with Gasteiger partial charge in [0.1, 0.15) is 0 Å². The van der Waals surface area contributed by atoms with E-state index in [-0.39, 0.29) is 10.5 Å². The van der Waals surface area contributed by atoms with E-state index in [1.807, 2.05) is 0 Å². The lowest BCUT2D eigenvalue weighted by Crippen LogP contribution is -2.35. The van der Waals surface area contributed by atoms with E-state index in [1.54, 1.807) is 0 Å². The minimum atomic E-state index is -3.63. The van der Waals surface area contributed by atoms with Crippen LogP contribution in [0.2, 0.25) is 0 Å². The highest BCUT2D eigenvalue weighted by Gasteiger charge is 2.26. The van der Waals surface area contributed by atoms with Crippen LogP contribution in [0.3, 0.4) is 0 Å². The van der Waals surface area contributed by atoms with E-state index < -0.39 is 21.7 Å². The number of piperidine rings is 1. The molecule has 0 aromatic heterocycles. The Balaban J connectivity index is 1.73. The van der Waals surface area contributed by atoms with Gasteiger partial charge >= 0.3 is 0 Å². The Labute approximate surface area is 167 Å². The molecule has 2 aromatic carbocycles. The molecular weight excluding hydrogens is 406 g/mol. The largest absolute Gasteiger partial charge is 0.322 e. The Morgan fingerprint density at radius 2 is 1.71 bits per heavy atom. The number of anilines is 1. The first kappa shape index (κ1) is 20.8. The zero-order valence-electron chi connectivity index (χ0n) is 15.0. The summed E-state index contributed by atoms with van der Waals surface area (Å²) in [5, 5.41) is 2.65. The second-order valence-electron chi connectivity index (χ2n) is 6.35. The van der Waals surface area contributed by atoms with Crippen LogP contribution in [-0.4, -0.2) is 37.5 Å². The predicted molar refractivity (Wildman–Crippen MR) is 105 cm³/mol. The molecule has 0 aliphatic carbocycles. The van der Waals surface area contributed by atoms with Crippen molar-refractivity contribution in [2.45, 2.75) is 34.8 Å². The van der Waals surface area contributed by atoms with Crippen molar-refractivity contribution in [2.75, 3.05) is 18.4 Å². The Kier molecular flexibility index (Phi) is 6.69. The Morgan fingerprint density at radius 3 is 2.36 bits per heavy atom. The van der Waals surface area contributed by atoms with Crippen LogP contribution in [0.1, 0.15) is 29.6 Å². The number of carbonyl (C=O) groups is 1. The van der Waals surface area contributed by atoms with Crippen LogP contribution in [0.25, 0.3) is 0 Å². The second-order valence-corrected chi connectivity index (χ2v) is 9.35.